The summed E-state index contributed by atoms with van der Waals surface area (Å²) >= 11 is 0. The number of benzene rings is 3. The zero-order valence-corrected chi connectivity index (χ0v) is 17.4. The maximum Gasteiger partial charge on any atom is 0.347 e. The van der Waals surface area contributed by atoms with Crippen molar-refractivity contribution in [2.45, 2.75) is 0 Å². The maximum absolute atomic E-state index is 12.6. The predicted octanol–water partition coefficient (Wildman–Crippen LogP) is 5.00. The van der Waals surface area contributed by atoms with E-state index in [1.165, 1.54) is 14.2 Å². The molecule has 3 rings (SSSR count). The quantitative estimate of drug-likeness (QED) is 0.234. The van der Waals surface area contributed by atoms with Crippen molar-refractivity contribution in [3.05, 3.63) is 83.4 Å². The van der Waals surface area contributed by atoms with Crippen LogP contribution in [0.25, 0.3) is 11.6 Å². The van der Waals surface area contributed by atoms with E-state index in [2.05, 4.69) is 6.07 Å². The predicted molar refractivity (Wildman–Crippen MR) is 117 cm³/mol. The maximum atomic E-state index is 12.6. The fraction of sp³-hybridized carbons (Fsp3) is 0.120. The third kappa shape index (κ3) is 5.03. The number of nitrogens with zero attached hydrogens (tertiary/aromatic N) is 1. The van der Waals surface area contributed by atoms with Crippen molar-refractivity contribution in [1.82, 2.24) is 0 Å². The summed E-state index contributed by atoms with van der Waals surface area (Å²) < 4.78 is 21.3. The van der Waals surface area contributed by atoms with Gasteiger partial charge in [-0.15, -0.1) is 0 Å². The molecule has 0 aliphatic heterocycles. The molecule has 0 unspecified atom stereocenters. The fourth-order valence-corrected chi connectivity index (χ4v) is 2.94. The van der Waals surface area contributed by atoms with Crippen molar-refractivity contribution >= 4 is 17.6 Å². The average molecular weight is 415 g/mol. The smallest absolute Gasteiger partial charge is 0.347 e. The normalized spacial score (nSPS) is 10.7. The van der Waals surface area contributed by atoms with Gasteiger partial charge in [-0.2, -0.15) is 5.26 Å². The average Bonchev–Trinajstić information content (AvgIpc) is 2.83. The molecule has 31 heavy (non-hydrogen) atoms. The van der Waals surface area contributed by atoms with Crippen molar-refractivity contribution in [3.63, 3.8) is 0 Å². The van der Waals surface area contributed by atoms with Crippen LogP contribution in [0.2, 0.25) is 0 Å². The Morgan fingerprint density at radius 2 is 1.55 bits per heavy atom. The highest BCUT2D eigenvalue weighted by Gasteiger charge is 2.16. The first kappa shape index (κ1) is 21.5. The highest BCUT2D eigenvalue weighted by atomic mass is 16.6. The summed E-state index contributed by atoms with van der Waals surface area (Å²) in [7, 11) is 4.56. The number of hydrogen-bond acceptors (Lipinski definition) is 6. The molecule has 0 amide bonds. The van der Waals surface area contributed by atoms with Gasteiger partial charge in [0.15, 0.2) is 11.5 Å². The molecule has 0 aliphatic rings. The van der Waals surface area contributed by atoms with Crippen LogP contribution in [0.5, 0.6) is 23.0 Å². The van der Waals surface area contributed by atoms with Gasteiger partial charge in [-0.3, -0.25) is 0 Å². The van der Waals surface area contributed by atoms with Crippen LogP contribution in [0.3, 0.4) is 0 Å². The van der Waals surface area contributed by atoms with Crippen molar-refractivity contribution < 1.29 is 23.7 Å². The lowest BCUT2D eigenvalue weighted by molar-refractivity contribution is 0.0726. The standard InChI is InChI=1S/C25H21NO5/c1-28-20-11-9-18(10-12-20)19(16-26)14-17-8-13-23(24(15-17)30-3)31-25(27)21-6-4-5-7-22(21)29-2/h4-15H,1-3H3/b19-14-. The van der Waals surface area contributed by atoms with Gasteiger partial charge in [-0.25, -0.2) is 4.79 Å². The molecule has 0 aliphatic carbocycles. The number of ether oxygens (including phenoxy) is 4. The molecule has 0 fully saturated rings. The zero-order valence-electron chi connectivity index (χ0n) is 17.4. The third-order valence-electron chi connectivity index (χ3n) is 4.55. The molecule has 3 aromatic rings. The Morgan fingerprint density at radius 3 is 2.19 bits per heavy atom. The second-order valence-electron chi connectivity index (χ2n) is 6.40. The van der Waals surface area contributed by atoms with Gasteiger partial charge in [0.1, 0.15) is 17.1 Å². The van der Waals surface area contributed by atoms with Crippen LogP contribution >= 0.6 is 0 Å². The summed E-state index contributed by atoms with van der Waals surface area (Å²) in [6, 6.07) is 21.3. The minimum absolute atomic E-state index is 0.263. The van der Waals surface area contributed by atoms with Crippen molar-refractivity contribution in [2.75, 3.05) is 21.3 Å². The summed E-state index contributed by atoms with van der Waals surface area (Å²) in [6.45, 7) is 0. The van der Waals surface area contributed by atoms with Crippen LogP contribution in [0.4, 0.5) is 0 Å². The molecule has 156 valence electrons. The third-order valence-corrected chi connectivity index (χ3v) is 4.55. The number of allylic oxidation sites excluding steroid dienone is 1. The van der Waals surface area contributed by atoms with E-state index in [0.29, 0.717) is 28.4 Å². The number of carbonyl (C=O) groups is 1. The molecule has 0 spiro atoms. The monoisotopic (exact) mass is 415 g/mol. The van der Waals surface area contributed by atoms with Crippen molar-refractivity contribution in [3.8, 4) is 29.1 Å². The van der Waals surface area contributed by atoms with E-state index < -0.39 is 5.97 Å². The molecule has 6 heteroatoms. The largest absolute Gasteiger partial charge is 0.497 e. The summed E-state index contributed by atoms with van der Waals surface area (Å²) in [5, 5.41) is 9.58. The van der Waals surface area contributed by atoms with Gasteiger partial charge in [-0.1, -0.05) is 18.2 Å². The zero-order chi connectivity index (χ0) is 22.2. The molecule has 0 heterocycles. The first-order valence-corrected chi connectivity index (χ1v) is 9.39. The van der Waals surface area contributed by atoms with Crippen molar-refractivity contribution in [2.24, 2.45) is 0 Å². The van der Waals surface area contributed by atoms with Gasteiger partial charge >= 0.3 is 5.97 Å². The molecule has 0 saturated heterocycles. The molecular formula is C25H21NO5. The molecule has 0 saturated carbocycles. The van der Waals surface area contributed by atoms with Gasteiger partial charge in [0.25, 0.3) is 0 Å². The number of nitriles is 1. The van der Waals surface area contributed by atoms with Gasteiger partial charge in [0, 0.05) is 0 Å². The van der Waals surface area contributed by atoms with Crippen LogP contribution in [0, 0.1) is 11.3 Å². The van der Waals surface area contributed by atoms with E-state index in [0.717, 1.165) is 11.1 Å². The van der Waals surface area contributed by atoms with E-state index >= 15 is 0 Å². The van der Waals surface area contributed by atoms with E-state index in [1.807, 2.05) is 12.1 Å². The minimum atomic E-state index is -0.560. The number of carbonyl (C=O) groups excluding carboxylic acids is 1. The Bertz CT molecular complexity index is 1140. The van der Waals surface area contributed by atoms with E-state index in [4.69, 9.17) is 18.9 Å². The van der Waals surface area contributed by atoms with Crippen LogP contribution in [0.1, 0.15) is 21.5 Å². The van der Waals surface area contributed by atoms with E-state index in [1.54, 1.807) is 67.8 Å². The number of hydrogen-bond donors (Lipinski definition) is 0. The number of para-hydroxylation sites is 1. The lowest BCUT2D eigenvalue weighted by Gasteiger charge is -2.12. The fourth-order valence-electron chi connectivity index (χ4n) is 2.94. The number of esters is 1. The van der Waals surface area contributed by atoms with Gasteiger partial charge in [0.2, 0.25) is 0 Å². The molecule has 0 aromatic heterocycles. The van der Waals surface area contributed by atoms with Crippen LogP contribution in [-0.4, -0.2) is 27.3 Å². The Labute approximate surface area is 180 Å². The molecular weight excluding hydrogens is 394 g/mol. The first-order chi connectivity index (χ1) is 15.1. The first-order valence-electron chi connectivity index (χ1n) is 9.39. The topological polar surface area (TPSA) is 77.8 Å². The highest BCUT2D eigenvalue weighted by molar-refractivity contribution is 5.94. The number of methoxy groups -OCH3 is 3. The lowest BCUT2D eigenvalue weighted by atomic mass is 10.0. The van der Waals surface area contributed by atoms with Gasteiger partial charge in [-0.05, 0) is 65.7 Å². The summed E-state index contributed by atoms with van der Waals surface area (Å²) in [6.07, 6.45) is 1.73. The molecule has 0 atom stereocenters. The molecule has 0 radical (unpaired) electrons. The summed E-state index contributed by atoms with van der Waals surface area (Å²) in [4.78, 5) is 12.6. The van der Waals surface area contributed by atoms with E-state index in [-0.39, 0.29) is 5.75 Å². The second-order valence-corrected chi connectivity index (χ2v) is 6.40. The number of rotatable bonds is 7. The highest BCUT2D eigenvalue weighted by Crippen LogP contribution is 2.31. The Kier molecular flexibility index (Phi) is 6.92. The van der Waals surface area contributed by atoms with E-state index in [9.17, 15) is 10.1 Å². The van der Waals surface area contributed by atoms with Crippen LogP contribution in [-0.2, 0) is 0 Å². The molecule has 6 nitrogen and oxygen atoms in total. The Hall–Kier alpha value is -4.24. The second kappa shape index (κ2) is 9.99. The lowest BCUT2D eigenvalue weighted by Crippen LogP contribution is -2.10. The summed E-state index contributed by atoms with van der Waals surface area (Å²) in [5.74, 6) is 1.20. The van der Waals surface area contributed by atoms with Crippen molar-refractivity contribution in [1.29, 1.82) is 5.26 Å². The Morgan fingerprint density at radius 1 is 0.839 bits per heavy atom. The summed E-state index contributed by atoms with van der Waals surface area (Å²) in [5.41, 5.74) is 2.26. The molecule has 3 aromatic carbocycles. The van der Waals surface area contributed by atoms with Crippen LogP contribution < -0.4 is 18.9 Å². The molecule has 0 N–H and O–H groups in total. The Balaban J connectivity index is 1.87. The SMILES string of the molecule is COc1ccc(/C(C#N)=C\c2ccc(OC(=O)c3ccccc3OC)c(OC)c2)cc1. The van der Waals surface area contributed by atoms with Crippen LogP contribution in [0.15, 0.2) is 66.7 Å². The molecule has 0 bridgehead atoms. The van der Waals surface area contributed by atoms with Gasteiger partial charge in [0.05, 0.1) is 33.0 Å². The van der Waals surface area contributed by atoms with Gasteiger partial charge < -0.3 is 18.9 Å². The minimum Gasteiger partial charge on any atom is -0.497 e.